The van der Waals surface area contributed by atoms with Crippen molar-refractivity contribution in [1.82, 2.24) is 30.6 Å². The Bertz CT molecular complexity index is 1080. The van der Waals surface area contributed by atoms with E-state index in [2.05, 4.69) is 63.7 Å². The second-order valence-corrected chi connectivity index (χ2v) is 10.4. The molecule has 0 amide bonds. The minimum absolute atomic E-state index is 0.331. The molecule has 1 saturated carbocycles. The topological polar surface area (TPSA) is 72.4 Å². The second kappa shape index (κ2) is 8.87. The molecule has 0 spiro atoms. The first-order valence-electron chi connectivity index (χ1n) is 12.6. The Labute approximate surface area is 195 Å². The molecule has 4 atom stereocenters. The fourth-order valence-electron chi connectivity index (χ4n) is 6.33. The smallest absolute Gasteiger partial charge is 0.197 e. The highest BCUT2D eigenvalue weighted by Gasteiger charge is 2.44. The minimum atomic E-state index is 0.331. The largest absolute Gasteiger partial charge is 0.444 e. The number of hydrazine groups is 1. The van der Waals surface area contributed by atoms with E-state index in [1.807, 2.05) is 12.4 Å². The zero-order chi connectivity index (χ0) is 22.4. The van der Waals surface area contributed by atoms with Crippen LogP contribution in [0.25, 0.3) is 10.9 Å². The molecule has 3 fully saturated rings. The molecule has 33 heavy (non-hydrogen) atoms. The minimum Gasteiger partial charge on any atom is -0.444 e. The summed E-state index contributed by atoms with van der Waals surface area (Å²) < 4.78 is 6.44. The molecule has 4 heterocycles. The number of hydrogen-bond acceptors (Lipinski definition) is 6. The van der Waals surface area contributed by atoms with Gasteiger partial charge in [-0.2, -0.15) is 0 Å². The van der Waals surface area contributed by atoms with E-state index in [0.717, 1.165) is 63.8 Å². The van der Waals surface area contributed by atoms with Gasteiger partial charge in [-0.25, -0.2) is 4.98 Å². The molecule has 7 heteroatoms. The number of oxazole rings is 1. The summed E-state index contributed by atoms with van der Waals surface area (Å²) in [6, 6.07) is 9.94. The molecule has 2 aromatic heterocycles. The maximum absolute atomic E-state index is 6.44. The van der Waals surface area contributed by atoms with Crippen molar-refractivity contribution in [2.75, 3.05) is 32.7 Å². The fraction of sp³-hybridized carbons (Fsp3) is 0.577. The number of benzene rings is 1. The molecule has 2 aliphatic heterocycles. The van der Waals surface area contributed by atoms with Gasteiger partial charge >= 0.3 is 0 Å². The van der Waals surface area contributed by atoms with Gasteiger partial charge in [0.05, 0.1) is 12.7 Å². The van der Waals surface area contributed by atoms with Gasteiger partial charge in [-0.15, -0.1) is 0 Å². The van der Waals surface area contributed by atoms with Crippen molar-refractivity contribution in [3.8, 4) is 0 Å². The van der Waals surface area contributed by atoms with Gasteiger partial charge in [-0.3, -0.25) is 20.7 Å². The zero-order valence-electron chi connectivity index (χ0n) is 19.8. The van der Waals surface area contributed by atoms with E-state index in [4.69, 9.17) is 9.40 Å². The first-order valence-corrected chi connectivity index (χ1v) is 12.6. The number of nitrogens with zero attached hydrogens (tertiary/aromatic N) is 3. The number of aromatic amines is 1. The fourth-order valence-corrected chi connectivity index (χ4v) is 6.33. The number of rotatable bonds is 5. The summed E-state index contributed by atoms with van der Waals surface area (Å²) in [6.45, 7) is 10.9. The predicted molar refractivity (Wildman–Crippen MR) is 130 cm³/mol. The molecular formula is C26H36N6O. The van der Waals surface area contributed by atoms with Crippen LogP contribution < -0.4 is 10.9 Å². The molecule has 4 unspecified atom stereocenters. The Morgan fingerprint density at radius 2 is 2.00 bits per heavy atom. The molecule has 2 saturated heterocycles. The zero-order valence-corrected chi connectivity index (χ0v) is 19.8. The average Bonchev–Trinajstić information content (AvgIpc) is 3.59. The number of nitrogens with one attached hydrogen (secondary N) is 3. The summed E-state index contributed by atoms with van der Waals surface area (Å²) in [4.78, 5) is 13.2. The Morgan fingerprint density at radius 3 is 2.85 bits per heavy atom. The third-order valence-corrected chi connectivity index (χ3v) is 8.21. The standard InChI is InChI=1S/C26H36N6O/c1-17(2)32-10-8-31(9-11-32)16-19-14-28-26(33-19)22-12-18(13-25-23(22)15-29-30-25)20-4-3-5-24-21(20)6-7-27-24/h3-7,14,17-18,22-23,25,27,29-30H,8-13,15-16H2,1-2H3. The van der Waals surface area contributed by atoms with Gasteiger partial charge in [-0.1, -0.05) is 12.1 Å². The second-order valence-electron chi connectivity index (χ2n) is 10.4. The first kappa shape index (κ1) is 21.4. The van der Waals surface area contributed by atoms with E-state index < -0.39 is 0 Å². The maximum Gasteiger partial charge on any atom is 0.197 e. The number of hydrogen-bond donors (Lipinski definition) is 3. The van der Waals surface area contributed by atoms with Crippen LogP contribution >= 0.6 is 0 Å². The maximum atomic E-state index is 6.44. The van der Waals surface area contributed by atoms with Crippen molar-refractivity contribution in [3.63, 3.8) is 0 Å². The molecule has 0 radical (unpaired) electrons. The average molecular weight is 449 g/mol. The molecule has 6 rings (SSSR count). The molecule has 3 aliphatic rings. The van der Waals surface area contributed by atoms with Crippen LogP contribution in [0.5, 0.6) is 0 Å². The predicted octanol–water partition coefficient (Wildman–Crippen LogP) is 3.44. The Morgan fingerprint density at radius 1 is 1.12 bits per heavy atom. The Hall–Kier alpha value is -2.19. The molecule has 176 valence electrons. The monoisotopic (exact) mass is 448 g/mol. The third-order valence-electron chi connectivity index (χ3n) is 8.21. The number of piperazine rings is 1. The van der Waals surface area contributed by atoms with Crippen LogP contribution in [0.4, 0.5) is 0 Å². The van der Waals surface area contributed by atoms with Crippen LogP contribution in [0.1, 0.15) is 55.7 Å². The summed E-state index contributed by atoms with van der Waals surface area (Å²) in [6.07, 6.45) is 6.26. The van der Waals surface area contributed by atoms with Crippen molar-refractivity contribution in [2.24, 2.45) is 5.92 Å². The first-order chi connectivity index (χ1) is 16.2. The van der Waals surface area contributed by atoms with Gasteiger partial charge in [0.2, 0.25) is 0 Å². The summed E-state index contributed by atoms with van der Waals surface area (Å²) >= 11 is 0. The van der Waals surface area contributed by atoms with Crippen molar-refractivity contribution < 1.29 is 4.42 Å². The summed E-state index contributed by atoms with van der Waals surface area (Å²) in [5.41, 5.74) is 9.63. The van der Waals surface area contributed by atoms with E-state index in [9.17, 15) is 0 Å². The highest BCUT2D eigenvalue weighted by atomic mass is 16.4. The molecule has 7 nitrogen and oxygen atoms in total. The Balaban J connectivity index is 1.19. The summed E-state index contributed by atoms with van der Waals surface area (Å²) in [5, 5.41) is 1.35. The molecule has 1 aliphatic carbocycles. The van der Waals surface area contributed by atoms with Crippen molar-refractivity contribution in [2.45, 2.75) is 57.2 Å². The van der Waals surface area contributed by atoms with Gasteiger partial charge in [-0.05, 0) is 50.3 Å². The van der Waals surface area contributed by atoms with Crippen molar-refractivity contribution >= 4 is 10.9 Å². The molecular weight excluding hydrogens is 412 g/mol. The normalized spacial score (nSPS) is 29.2. The van der Waals surface area contributed by atoms with E-state index in [1.165, 1.54) is 16.5 Å². The lowest BCUT2D eigenvalue weighted by molar-refractivity contribution is 0.0981. The number of H-pyrrole nitrogens is 1. The van der Waals surface area contributed by atoms with Gasteiger partial charge in [0.1, 0.15) is 5.76 Å². The van der Waals surface area contributed by atoms with E-state index >= 15 is 0 Å². The van der Waals surface area contributed by atoms with Gasteiger partial charge in [0.25, 0.3) is 0 Å². The third kappa shape index (κ3) is 4.12. The molecule has 1 aromatic carbocycles. The van der Waals surface area contributed by atoms with Crippen molar-refractivity contribution in [3.05, 3.63) is 53.9 Å². The lowest BCUT2D eigenvalue weighted by Gasteiger charge is -2.37. The lowest BCUT2D eigenvalue weighted by Crippen LogP contribution is -2.48. The molecule has 3 N–H and O–H groups in total. The number of aromatic nitrogens is 2. The SMILES string of the molecule is CC(C)N1CCN(Cc2cnc(C3CC(c4cccc5[nH]ccc45)CC4NNCC43)o2)CC1. The molecule has 3 aromatic rings. The summed E-state index contributed by atoms with van der Waals surface area (Å²) in [7, 11) is 0. The van der Waals surface area contributed by atoms with Gasteiger partial charge in [0.15, 0.2) is 5.89 Å². The Kier molecular flexibility index (Phi) is 5.74. The van der Waals surface area contributed by atoms with E-state index in [-0.39, 0.29) is 0 Å². The highest BCUT2D eigenvalue weighted by molar-refractivity contribution is 5.83. The van der Waals surface area contributed by atoms with E-state index in [1.54, 1.807) is 0 Å². The van der Waals surface area contributed by atoms with Crippen LogP contribution in [0, 0.1) is 5.92 Å². The van der Waals surface area contributed by atoms with Crippen molar-refractivity contribution in [1.29, 1.82) is 0 Å². The van der Waals surface area contributed by atoms with Crippen LogP contribution in [0.3, 0.4) is 0 Å². The number of fused-ring (bicyclic) bond motifs is 2. The van der Waals surface area contributed by atoms with Gasteiger partial charge < -0.3 is 9.40 Å². The van der Waals surface area contributed by atoms with Crippen LogP contribution in [-0.2, 0) is 6.54 Å². The van der Waals surface area contributed by atoms with E-state index in [0.29, 0.717) is 29.8 Å². The lowest BCUT2D eigenvalue weighted by atomic mass is 9.69. The highest BCUT2D eigenvalue weighted by Crippen LogP contribution is 2.46. The van der Waals surface area contributed by atoms with Crippen LogP contribution in [0.15, 0.2) is 41.1 Å². The quantitative estimate of drug-likeness (QED) is 0.555. The van der Waals surface area contributed by atoms with Crippen LogP contribution in [0.2, 0.25) is 0 Å². The van der Waals surface area contributed by atoms with Gasteiger partial charge in [0, 0.05) is 73.7 Å². The molecule has 0 bridgehead atoms. The summed E-state index contributed by atoms with van der Waals surface area (Å²) in [5.74, 6) is 3.28. The van der Waals surface area contributed by atoms with Crippen LogP contribution in [-0.4, -0.2) is 64.6 Å².